The van der Waals surface area contributed by atoms with Crippen LogP contribution in [0.4, 0.5) is 0 Å². The van der Waals surface area contributed by atoms with Crippen LogP contribution in [0.25, 0.3) is 0 Å². The van der Waals surface area contributed by atoms with Crippen molar-refractivity contribution < 1.29 is 4.79 Å². The summed E-state index contributed by atoms with van der Waals surface area (Å²) in [4.78, 5) is 14.2. The lowest BCUT2D eigenvalue weighted by Crippen LogP contribution is -2.38. The number of carbonyl (C=O) groups is 1. The molecule has 1 amide bonds. The van der Waals surface area contributed by atoms with Gasteiger partial charge in [-0.05, 0) is 36.8 Å². The molecule has 0 N–H and O–H groups in total. The Balaban J connectivity index is 1.95. The van der Waals surface area contributed by atoms with Gasteiger partial charge < -0.3 is 4.90 Å². The molecule has 0 aliphatic carbocycles. The molecule has 1 aliphatic heterocycles. The second-order valence-electron chi connectivity index (χ2n) is 5.17. The molecule has 0 spiro atoms. The number of nitrogens with zero attached hydrogens (tertiary/aromatic N) is 1. The van der Waals surface area contributed by atoms with E-state index in [9.17, 15) is 4.79 Å². The maximum Gasteiger partial charge on any atom is 0.226 e. The number of rotatable bonds is 2. The predicted molar refractivity (Wildman–Crippen MR) is 69.9 cm³/mol. The van der Waals surface area contributed by atoms with Crippen molar-refractivity contribution in [3.8, 4) is 0 Å². The van der Waals surface area contributed by atoms with Gasteiger partial charge in [-0.25, -0.2) is 0 Å². The summed E-state index contributed by atoms with van der Waals surface area (Å²) >= 11 is 0. The second kappa shape index (κ2) is 5.35. The number of amides is 1. The van der Waals surface area contributed by atoms with Crippen molar-refractivity contribution in [3.05, 3.63) is 35.4 Å². The van der Waals surface area contributed by atoms with E-state index in [2.05, 4.69) is 26.0 Å². The van der Waals surface area contributed by atoms with Crippen molar-refractivity contribution in [2.45, 2.75) is 33.1 Å². The second-order valence-corrected chi connectivity index (χ2v) is 5.17. The van der Waals surface area contributed by atoms with Gasteiger partial charge in [0.2, 0.25) is 5.91 Å². The largest absolute Gasteiger partial charge is 0.342 e. The van der Waals surface area contributed by atoms with E-state index in [0.717, 1.165) is 37.4 Å². The van der Waals surface area contributed by atoms with E-state index in [1.807, 2.05) is 17.0 Å². The Morgan fingerprint density at radius 3 is 2.59 bits per heavy atom. The minimum absolute atomic E-state index is 0.284. The van der Waals surface area contributed by atoms with Gasteiger partial charge in [-0.1, -0.05) is 31.2 Å². The summed E-state index contributed by atoms with van der Waals surface area (Å²) in [5, 5.41) is 0. The molecule has 1 aliphatic rings. The quantitative estimate of drug-likeness (QED) is 0.766. The molecule has 2 nitrogen and oxygen atoms in total. The van der Waals surface area contributed by atoms with Crippen molar-refractivity contribution in [3.63, 3.8) is 0 Å². The number of aryl methyl sites for hydroxylation is 1. The van der Waals surface area contributed by atoms with E-state index in [0.29, 0.717) is 6.42 Å². The first-order valence-electron chi connectivity index (χ1n) is 6.49. The SMILES string of the molecule is Cc1ccccc1CC(=O)N1CCC(C)CC1. The summed E-state index contributed by atoms with van der Waals surface area (Å²) in [5.41, 5.74) is 2.38. The monoisotopic (exact) mass is 231 g/mol. The normalized spacial score (nSPS) is 17.2. The van der Waals surface area contributed by atoms with Gasteiger partial charge in [-0.15, -0.1) is 0 Å². The van der Waals surface area contributed by atoms with Gasteiger partial charge in [0.05, 0.1) is 6.42 Å². The molecule has 2 rings (SSSR count). The summed E-state index contributed by atoms with van der Waals surface area (Å²) in [5.74, 6) is 1.06. The summed E-state index contributed by atoms with van der Waals surface area (Å²) in [6, 6.07) is 8.15. The molecule has 1 heterocycles. The summed E-state index contributed by atoms with van der Waals surface area (Å²) in [7, 11) is 0. The van der Waals surface area contributed by atoms with Crippen LogP contribution in [0.1, 0.15) is 30.9 Å². The van der Waals surface area contributed by atoms with Crippen molar-refractivity contribution in [1.82, 2.24) is 4.90 Å². The average Bonchev–Trinajstić information content (AvgIpc) is 2.33. The molecule has 17 heavy (non-hydrogen) atoms. The Hall–Kier alpha value is -1.31. The molecule has 2 heteroatoms. The van der Waals surface area contributed by atoms with E-state index in [-0.39, 0.29) is 5.91 Å². The molecule has 1 saturated heterocycles. The van der Waals surface area contributed by atoms with E-state index < -0.39 is 0 Å². The molecule has 0 aromatic heterocycles. The van der Waals surface area contributed by atoms with E-state index in [1.54, 1.807) is 0 Å². The van der Waals surface area contributed by atoms with E-state index >= 15 is 0 Å². The molecule has 1 aromatic rings. The number of piperidine rings is 1. The molecule has 0 radical (unpaired) electrons. The average molecular weight is 231 g/mol. The number of carbonyl (C=O) groups excluding carboxylic acids is 1. The fraction of sp³-hybridized carbons (Fsp3) is 0.533. The number of likely N-dealkylation sites (tertiary alicyclic amines) is 1. The van der Waals surface area contributed by atoms with Crippen LogP contribution in [-0.4, -0.2) is 23.9 Å². The van der Waals surface area contributed by atoms with Gasteiger partial charge in [-0.2, -0.15) is 0 Å². The number of benzene rings is 1. The predicted octanol–water partition coefficient (Wildman–Crippen LogP) is 2.80. The first kappa shape index (κ1) is 12.2. The maximum atomic E-state index is 12.2. The van der Waals surface area contributed by atoms with Gasteiger partial charge in [-0.3, -0.25) is 4.79 Å². The minimum Gasteiger partial charge on any atom is -0.342 e. The van der Waals surface area contributed by atoms with Crippen LogP contribution in [0, 0.1) is 12.8 Å². The first-order chi connectivity index (χ1) is 8.16. The maximum absolute atomic E-state index is 12.2. The summed E-state index contributed by atoms with van der Waals surface area (Å²) in [6.07, 6.45) is 2.86. The highest BCUT2D eigenvalue weighted by atomic mass is 16.2. The van der Waals surface area contributed by atoms with Crippen LogP contribution in [-0.2, 0) is 11.2 Å². The molecular weight excluding hydrogens is 210 g/mol. The summed E-state index contributed by atoms with van der Waals surface area (Å²) in [6.45, 7) is 6.21. The van der Waals surface area contributed by atoms with Crippen LogP contribution in [0.5, 0.6) is 0 Å². The van der Waals surface area contributed by atoms with Gasteiger partial charge in [0.25, 0.3) is 0 Å². The molecule has 0 saturated carbocycles. The smallest absolute Gasteiger partial charge is 0.226 e. The third-order valence-electron chi connectivity index (χ3n) is 3.74. The Morgan fingerprint density at radius 2 is 1.94 bits per heavy atom. The van der Waals surface area contributed by atoms with Gasteiger partial charge in [0.15, 0.2) is 0 Å². The highest BCUT2D eigenvalue weighted by Gasteiger charge is 2.20. The molecule has 1 aromatic carbocycles. The molecule has 1 fully saturated rings. The zero-order valence-corrected chi connectivity index (χ0v) is 10.8. The fourth-order valence-corrected chi connectivity index (χ4v) is 2.34. The van der Waals surface area contributed by atoms with Crippen LogP contribution in [0.15, 0.2) is 24.3 Å². The van der Waals surface area contributed by atoms with E-state index in [1.165, 1.54) is 5.56 Å². The summed E-state index contributed by atoms with van der Waals surface area (Å²) < 4.78 is 0. The lowest BCUT2D eigenvalue weighted by molar-refractivity contribution is -0.131. The van der Waals surface area contributed by atoms with Crippen LogP contribution in [0.2, 0.25) is 0 Å². The van der Waals surface area contributed by atoms with Gasteiger partial charge in [0.1, 0.15) is 0 Å². The molecule has 0 atom stereocenters. The van der Waals surface area contributed by atoms with Crippen molar-refractivity contribution >= 4 is 5.91 Å². The third kappa shape index (κ3) is 3.09. The zero-order chi connectivity index (χ0) is 12.3. The molecule has 0 bridgehead atoms. The highest BCUT2D eigenvalue weighted by Crippen LogP contribution is 2.17. The lowest BCUT2D eigenvalue weighted by atomic mass is 9.98. The van der Waals surface area contributed by atoms with Gasteiger partial charge >= 0.3 is 0 Å². The van der Waals surface area contributed by atoms with Crippen LogP contribution >= 0.6 is 0 Å². The Labute approximate surface area is 104 Å². The molecule has 92 valence electrons. The minimum atomic E-state index is 0.284. The van der Waals surface area contributed by atoms with Crippen molar-refractivity contribution in [2.24, 2.45) is 5.92 Å². The Bertz CT molecular complexity index is 392. The van der Waals surface area contributed by atoms with Crippen molar-refractivity contribution in [1.29, 1.82) is 0 Å². The van der Waals surface area contributed by atoms with Gasteiger partial charge in [0, 0.05) is 13.1 Å². The van der Waals surface area contributed by atoms with Crippen LogP contribution < -0.4 is 0 Å². The molecule has 0 unspecified atom stereocenters. The third-order valence-corrected chi connectivity index (χ3v) is 3.74. The number of hydrogen-bond acceptors (Lipinski definition) is 1. The van der Waals surface area contributed by atoms with Crippen LogP contribution in [0.3, 0.4) is 0 Å². The Morgan fingerprint density at radius 1 is 1.29 bits per heavy atom. The first-order valence-corrected chi connectivity index (χ1v) is 6.49. The number of hydrogen-bond donors (Lipinski definition) is 0. The fourth-order valence-electron chi connectivity index (χ4n) is 2.34. The zero-order valence-electron chi connectivity index (χ0n) is 10.8. The topological polar surface area (TPSA) is 20.3 Å². The molecular formula is C15H21NO. The lowest BCUT2D eigenvalue weighted by Gasteiger charge is -2.30. The standard InChI is InChI=1S/C15H21NO/c1-12-7-9-16(10-8-12)15(17)11-14-6-4-3-5-13(14)2/h3-6,12H,7-11H2,1-2H3. The van der Waals surface area contributed by atoms with Crippen molar-refractivity contribution in [2.75, 3.05) is 13.1 Å². The van der Waals surface area contributed by atoms with E-state index in [4.69, 9.17) is 0 Å². The highest BCUT2D eigenvalue weighted by molar-refractivity contribution is 5.79. The Kier molecular flexibility index (Phi) is 3.82.